The molecule has 2 aromatic rings. The minimum absolute atomic E-state index is 0.0762. The van der Waals surface area contributed by atoms with Crippen molar-refractivity contribution in [1.29, 1.82) is 0 Å². The number of anilines is 1. The van der Waals surface area contributed by atoms with E-state index in [-0.39, 0.29) is 10.8 Å². The zero-order valence-electron chi connectivity index (χ0n) is 14.3. The predicted octanol–water partition coefficient (Wildman–Crippen LogP) is 3.84. The molecule has 5 nitrogen and oxygen atoms in total. The topological polar surface area (TPSA) is 75.3 Å². The van der Waals surface area contributed by atoms with E-state index in [1.807, 2.05) is 13.8 Å². The van der Waals surface area contributed by atoms with Crippen molar-refractivity contribution >= 4 is 33.2 Å². The van der Waals surface area contributed by atoms with Crippen molar-refractivity contribution in [2.45, 2.75) is 25.7 Å². The summed E-state index contributed by atoms with van der Waals surface area (Å²) < 4.78 is 27.5. The van der Waals surface area contributed by atoms with Gasteiger partial charge in [0.25, 0.3) is 15.9 Å². The van der Waals surface area contributed by atoms with Crippen LogP contribution in [0.15, 0.2) is 47.4 Å². The minimum atomic E-state index is -3.76. The fraction of sp³-hybridized carbons (Fsp3) is 0.278. The van der Waals surface area contributed by atoms with Crippen molar-refractivity contribution in [3.63, 3.8) is 0 Å². The van der Waals surface area contributed by atoms with Crippen LogP contribution in [0.1, 0.15) is 29.8 Å². The van der Waals surface area contributed by atoms with E-state index in [1.54, 1.807) is 25.1 Å². The van der Waals surface area contributed by atoms with Gasteiger partial charge < -0.3 is 5.32 Å². The summed E-state index contributed by atoms with van der Waals surface area (Å²) in [5.41, 5.74) is 1.60. The summed E-state index contributed by atoms with van der Waals surface area (Å²) in [5, 5.41) is 3.24. The van der Waals surface area contributed by atoms with Crippen LogP contribution in [0.3, 0.4) is 0 Å². The van der Waals surface area contributed by atoms with E-state index in [1.165, 1.54) is 24.3 Å². The maximum absolute atomic E-state index is 12.5. The first-order valence-corrected chi connectivity index (χ1v) is 9.72. The predicted molar refractivity (Wildman–Crippen MR) is 101 cm³/mol. The van der Waals surface area contributed by atoms with Gasteiger partial charge in [-0.2, -0.15) is 0 Å². The molecule has 2 rings (SSSR count). The monoisotopic (exact) mass is 380 g/mol. The molecule has 0 aliphatic heterocycles. The van der Waals surface area contributed by atoms with E-state index >= 15 is 0 Å². The molecule has 0 aromatic heterocycles. The van der Waals surface area contributed by atoms with Gasteiger partial charge in [-0.15, -0.1) is 0 Å². The number of amides is 1. The van der Waals surface area contributed by atoms with Gasteiger partial charge >= 0.3 is 0 Å². The first kappa shape index (κ1) is 19.3. The molecule has 0 aliphatic carbocycles. The maximum Gasteiger partial charge on any atom is 0.261 e. The van der Waals surface area contributed by atoms with E-state index in [0.29, 0.717) is 28.7 Å². The molecular formula is C18H21ClN2O3S. The quantitative estimate of drug-likeness (QED) is 0.799. The van der Waals surface area contributed by atoms with Crippen molar-refractivity contribution in [2.24, 2.45) is 5.92 Å². The van der Waals surface area contributed by atoms with Gasteiger partial charge in [0.15, 0.2) is 0 Å². The molecule has 0 radical (unpaired) electrons. The van der Waals surface area contributed by atoms with Gasteiger partial charge in [-0.05, 0) is 54.8 Å². The van der Waals surface area contributed by atoms with Gasteiger partial charge in [-0.3, -0.25) is 9.52 Å². The molecule has 1 amide bonds. The zero-order valence-corrected chi connectivity index (χ0v) is 15.9. The highest BCUT2D eigenvalue weighted by molar-refractivity contribution is 7.92. The number of carbonyl (C=O) groups excluding carboxylic acids is 1. The number of hydrogen-bond donors (Lipinski definition) is 2. The molecule has 0 spiro atoms. The summed E-state index contributed by atoms with van der Waals surface area (Å²) >= 11 is 5.92. The normalized spacial score (nSPS) is 11.4. The lowest BCUT2D eigenvalue weighted by molar-refractivity contribution is 0.0949. The average Bonchev–Trinajstić information content (AvgIpc) is 2.56. The van der Waals surface area contributed by atoms with Crippen LogP contribution in [0.5, 0.6) is 0 Å². The molecule has 134 valence electrons. The smallest absolute Gasteiger partial charge is 0.261 e. The Bertz CT molecular complexity index is 862. The van der Waals surface area contributed by atoms with Crippen LogP contribution in [0.2, 0.25) is 5.02 Å². The summed E-state index contributed by atoms with van der Waals surface area (Å²) in [6, 6.07) is 10.8. The number of sulfonamides is 1. The SMILES string of the molecule is Cc1ccc(Cl)cc1NS(=O)(=O)c1ccc(C(=O)NCC(C)C)cc1. The second kappa shape index (κ2) is 7.89. The fourth-order valence-electron chi connectivity index (χ4n) is 2.09. The molecule has 0 bridgehead atoms. The number of carbonyl (C=O) groups is 1. The molecule has 7 heteroatoms. The van der Waals surface area contributed by atoms with Crippen LogP contribution in [0.25, 0.3) is 0 Å². The molecule has 25 heavy (non-hydrogen) atoms. The van der Waals surface area contributed by atoms with Crippen molar-refractivity contribution in [2.75, 3.05) is 11.3 Å². The number of benzene rings is 2. The molecule has 0 unspecified atom stereocenters. The van der Waals surface area contributed by atoms with Crippen LogP contribution in [0.4, 0.5) is 5.69 Å². The summed E-state index contributed by atoms with van der Waals surface area (Å²) in [7, 11) is -3.76. The van der Waals surface area contributed by atoms with Crippen molar-refractivity contribution in [1.82, 2.24) is 5.32 Å². The largest absolute Gasteiger partial charge is 0.352 e. The Hall–Kier alpha value is -2.05. The Kier molecular flexibility index (Phi) is 6.08. The van der Waals surface area contributed by atoms with E-state index in [0.717, 1.165) is 5.56 Å². The third kappa shape index (κ3) is 5.21. The first-order valence-electron chi connectivity index (χ1n) is 7.86. The molecule has 2 aromatic carbocycles. The third-order valence-corrected chi connectivity index (χ3v) is 5.16. The molecule has 0 fully saturated rings. The van der Waals surface area contributed by atoms with Gasteiger partial charge in [0.2, 0.25) is 0 Å². The molecule has 0 atom stereocenters. The van der Waals surface area contributed by atoms with Crippen LogP contribution in [0, 0.1) is 12.8 Å². The Morgan fingerprint density at radius 3 is 2.36 bits per heavy atom. The summed E-state index contributed by atoms with van der Waals surface area (Å²) in [6.45, 7) is 6.35. The van der Waals surface area contributed by atoms with Gasteiger partial charge in [-0.1, -0.05) is 31.5 Å². The minimum Gasteiger partial charge on any atom is -0.352 e. The molecular weight excluding hydrogens is 360 g/mol. The van der Waals surface area contributed by atoms with Crippen LogP contribution in [-0.2, 0) is 10.0 Å². The number of nitrogens with one attached hydrogen (secondary N) is 2. The van der Waals surface area contributed by atoms with Crippen LogP contribution in [-0.4, -0.2) is 20.9 Å². The van der Waals surface area contributed by atoms with E-state index in [2.05, 4.69) is 10.0 Å². The third-order valence-electron chi connectivity index (χ3n) is 3.54. The van der Waals surface area contributed by atoms with Crippen molar-refractivity contribution in [3.8, 4) is 0 Å². The molecule has 0 heterocycles. The highest BCUT2D eigenvalue weighted by Gasteiger charge is 2.16. The summed E-state index contributed by atoms with van der Waals surface area (Å²) in [5.74, 6) is 0.116. The van der Waals surface area contributed by atoms with Gasteiger partial charge in [-0.25, -0.2) is 8.42 Å². The average molecular weight is 381 g/mol. The lowest BCUT2D eigenvalue weighted by Gasteiger charge is -2.12. The number of hydrogen-bond acceptors (Lipinski definition) is 3. The summed E-state index contributed by atoms with van der Waals surface area (Å²) in [6.07, 6.45) is 0. The number of halogens is 1. The van der Waals surface area contributed by atoms with Gasteiger partial charge in [0.05, 0.1) is 10.6 Å². The second-order valence-electron chi connectivity index (χ2n) is 6.19. The van der Waals surface area contributed by atoms with Crippen LogP contribution >= 0.6 is 11.6 Å². The van der Waals surface area contributed by atoms with E-state index < -0.39 is 10.0 Å². The fourth-order valence-corrected chi connectivity index (χ4v) is 3.39. The summed E-state index contributed by atoms with van der Waals surface area (Å²) in [4.78, 5) is 12.1. The number of aryl methyl sites for hydroxylation is 1. The Morgan fingerprint density at radius 2 is 1.76 bits per heavy atom. The van der Waals surface area contributed by atoms with Gasteiger partial charge in [0.1, 0.15) is 0 Å². The second-order valence-corrected chi connectivity index (χ2v) is 8.31. The molecule has 2 N–H and O–H groups in total. The highest BCUT2D eigenvalue weighted by Crippen LogP contribution is 2.23. The van der Waals surface area contributed by atoms with Crippen LogP contribution < -0.4 is 10.0 Å². The molecule has 0 saturated carbocycles. The standard InChI is InChI=1S/C18H21ClN2O3S/c1-12(2)11-20-18(22)14-5-8-16(9-6-14)25(23,24)21-17-10-15(19)7-4-13(17)3/h4-10,12,21H,11H2,1-3H3,(H,20,22). The van der Waals surface area contributed by atoms with E-state index in [9.17, 15) is 13.2 Å². The van der Waals surface area contributed by atoms with Crippen molar-refractivity contribution in [3.05, 3.63) is 58.6 Å². The lowest BCUT2D eigenvalue weighted by Crippen LogP contribution is -2.27. The maximum atomic E-state index is 12.5. The molecule has 0 aliphatic rings. The Balaban J connectivity index is 2.17. The Morgan fingerprint density at radius 1 is 1.12 bits per heavy atom. The highest BCUT2D eigenvalue weighted by atomic mass is 35.5. The zero-order chi connectivity index (χ0) is 18.6. The Labute approximate surface area is 153 Å². The first-order chi connectivity index (χ1) is 11.7. The lowest BCUT2D eigenvalue weighted by atomic mass is 10.2. The van der Waals surface area contributed by atoms with Gasteiger partial charge in [0, 0.05) is 17.1 Å². The molecule has 0 saturated heterocycles. The number of rotatable bonds is 6. The van der Waals surface area contributed by atoms with Crippen molar-refractivity contribution < 1.29 is 13.2 Å². The van der Waals surface area contributed by atoms with E-state index in [4.69, 9.17) is 11.6 Å².